The minimum Gasteiger partial charge on any atom is -0.334 e. The Balaban J connectivity index is 2.57. The normalized spacial score (nSPS) is 10.5. The van der Waals surface area contributed by atoms with E-state index >= 15 is 0 Å². The summed E-state index contributed by atoms with van der Waals surface area (Å²) < 4.78 is 30.7. The Morgan fingerprint density at radius 2 is 2.07 bits per heavy atom. The lowest BCUT2D eigenvalue weighted by atomic mass is 10.2. The molecular formula is C9H6F2N2O. The summed E-state index contributed by atoms with van der Waals surface area (Å²) in [5.41, 5.74) is -0.0226. The van der Waals surface area contributed by atoms with Crippen LogP contribution >= 0.6 is 0 Å². The van der Waals surface area contributed by atoms with E-state index in [0.717, 1.165) is 6.07 Å². The second-order valence-electron chi connectivity index (χ2n) is 2.75. The molecule has 0 spiro atoms. The largest absolute Gasteiger partial charge is 0.334 e. The lowest BCUT2D eigenvalue weighted by Crippen LogP contribution is -1.88. The molecule has 5 heteroatoms. The van der Waals surface area contributed by atoms with Gasteiger partial charge in [-0.3, -0.25) is 0 Å². The van der Waals surface area contributed by atoms with Crippen molar-refractivity contribution in [3.63, 3.8) is 0 Å². The van der Waals surface area contributed by atoms with Crippen LogP contribution in [0, 0.1) is 18.6 Å². The van der Waals surface area contributed by atoms with E-state index in [1.54, 1.807) is 6.92 Å². The zero-order valence-electron chi connectivity index (χ0n) is 7.29. The van der Waals surface area contributed by atoms with Crippen LogP contribution in [0.3, 0.4) is 0 Å². The van der Waals surface area contributed by atoms with E-state index in [2.05, 4.69) is 10.1 Å². The fourth-order valence-electron chi connectivity index (χ4n) is 1.08. The zero-order chi connectivity index (χ0) is 10.1. The van der Waals surface area contributed by atoms with Gasteiger partial charge in [0.15, 0.2) is 17.5 Å². The van der Waals surface area contributed by atoms with E-state index in [1.165, 1.54) is 12.1 Å². The average molecular weight is 196 g/mol. The molecule has 0 amide bonds. The summed E-state index contributed by atoms with van der Waals surface area (Å²) in [6, 6.07) is 3.79. The highest BCUT2D eigenvalue weighted by Gasteiger charge is 2.14. The van der Waals surface area contributed by atoms with Gasteiger partial charge in [0.25, 0.3) is 5.89 Å². The molecular weight excluding hydrogens is 190 g/mol. The average Bonchev–Trinajstić information content (AvgIpc) is 2.57. The van der Waals surface area contributed by atoms with Gasteiger partial charge >= 0.3 is 0 Å². The molecule has 2 rings (SSSR count). The predicted octanol–water partition coefficient (Wildman–Crippen LogP) is 2.32. The van der Waals surface area contributed by atoms with Crippen molar-refractivity contribution in [2.75, 3.05) is 0 Å². The molecule has 0 saturated carbocycles. The van der Waals surface area contributed by atoms with Gasteiger partial charge in [-0.2, -0.15) is 4.98 Å². The molecule has 0 unspecified atom stereocenters. The Morgan fingerprint density at radius 3 is 2.71 bits per heavy atom. The molecule has 0 fully saturated rings. The minimum absolute atomic E-state index is 0.0144. The molecule has 0 bridgehead atoms. The van der Waals surface area contributed by atoms with Gasteiger partial charge in [0.1, 0.15) is 0 Å². The number of halogens is 2. The Labute approximate surface area is 78.4 Å². The van der Waals surface area contributed by atoms with E-state index in [-0.39, 0.29) is 11.5 Å². The monoisotopic (exact) mass is 196 g/mol. The fourth-order valence-corrected chi connectivity index (χ4v) is 1.08. The van der Waals surface area contributed by atoms with Crippen LogP contribution in [0.1, 0.15) is 5.82 Å². The molecule has 1 heterocycles. The van der Waals surface area contributed by atoms with Gasteiger partial charge in [-0.1, -0.05) is 11.2 Å². The summed E-state index contributed by atoms with van der Waals surface area (Å²) in [6.45, 7) is 1.60. The van der Waals surface area contributed by atoms with Gasteiger partial charge in [-0.15, -0.1) is 0 Å². The SMILES string of the molecule is Cc1noc(-c2cccc(F)c2F)n1. The first-order valence-corrected chi connectivity index (χ1v) is 3.93. The fraction of sp³-hybridized carbons (Fsp3) is 0.111. The van der Waals surface area contributed by atoms with E-state index < -0.39 is 11.6 Å². The third-order valence-electron chi connectivity index (χ3n) is 1.71. The van der Waals surface area contributed by atoms with Crippen LogP contribution in [0.4, 0.5) is 8.78 Å². The third-order valence-corrected chi connectivity index (χ3v) is 1.71. The van der Waals surface area contributed by atoms with Crippen LogP contribution in [0.5, 0.6) is 0 Å². The smallest absolute Gasteiger partial charge is 0.260 e. The number of rotatable bonds is 1. The first kappa shape index (κ1) is 8.80. The molecule has 0 aliphatic carbocycles. The summed E-state index contributed by atoms with van der Waals surface area (Å²) in [6.07, 6.45) is 0. The second-order valence-corrected chi connectivity index (χ2v) is 2.75. The van der Waals surface area contributed by atoms with E-state index in [9.17, 15) is 8.78 Å². The summed E-state index contributed by atoms with van der Waals surface area (Å²) in [7, 11) is 0. The number of aromatic nitrogens is 2. The van der Waals surface area contributed by atoms with Crippen LogP contribution in [-0.4, -0.2) is 10.1 Å². The molecule has 2 aromatic rings. The second kappa shape index (κ2) is 3.17. The van der Waals surface area contributed by atoms with Crippen molar-refractivity contribution in [1.82, 2.24) is 10.1 Å². The van der Waals surface area contributed by atoms with Crippen LogP contribution in [-0.2, 0) is 0 Å². The van der Waals surface area contributed by atoms with Gasteiger partial charge in [-0.25, -0.2) is 8.78 Å². The van der Waals surface area contributed by atoms with Crippen molar-refractivity contribution in [1.29, 1.82) is 0 Å². The Hall–Kier alpha value is -1.78. The maximum Gasteiger partial charge on any atom is 0.260 e. The van der Waals surface area contributed by atoms with Crippen molar-refractivity contribution < 1.29 is 13.3 Å². The number of hydrogen-bond acceptors (Lipinski definition) is 3. The van der Waals surface area contributed by atoms with E-state index in [0.29, 0.717) is 5.82 Å². The van der Waals surface area contributed by atoms with Crippen LogP contribution in [0.2, 0.25) is 0 Å². The Morgan fingerprint density at radius 1 is 1.29 bits per heavy atom. The van der Waals surface area contributed by atoms with E-state index in [4.69, 9.17) is 4.52 Å². The Bertz CT molecular complexity index is 468. The summed E-state index contributed by atoms with van der Waals surface area (Å²) in [5.74, 6) is -1.54. The number of hydrogen-bond donors (Lipinski definition) is 0. The first-order valence-electron chi connectivity index (χ1n) is 3.93. The number of nitrogens with zero attached hydrogens (tertiary/aromatic N) is 2. The summed E-state index contributed by atoms with van der Waals surface area (Å²) >= 11 is 0. The molecule has 1 aromatic heterocycles. The standard InChI is InChI=1S/C9H6F2N2O/c1-5-12-9(14-13-5)6-3-2-4-7(10)8(6)11/h2-4H,1H3. The molecule has 1 aromatic carbocycles. The van der Waals surface area contributed by atoms with Crippen LogP contribution in [0.15, 0.2) is 22.7 Å². The molecule has 0 atom stereocenters. The van der Waals surface area contributed by atoms with Crippen LogP contribution in [0.25, 0.3) is 11.5 Å². The van der Waals surface area contributed by atoms with Gasteiger partial charge < -0.3 is 4.52 Å². The van der Waals surface area contributed by atoms with Gasteiger partial charge in [0.05, 0.1) is 5.56 Å². The third kappa shape index (κ3) is 1.37. The maximum atomic E-state index is 13.2. The molecule has 14 heavy (non-hydrogen) atoms. The zero-order valence-corrected chi connectivity index (χ0v) is 7.29. The topological polar surface area (TPSA) is 38.9 Å². The summed E-state index contributed by atoms with van der Waals surface area (Å²) in [5, 5.41) is 3.49. The van der Waals surface area contributed by atoms with Crippen molar-refractivity contribution in [3.05, 3.63) is 35.7 Å². The quantitative estimate of drug-likeness (QED) is 0.702. The maximum absolute atomic E-state index is 13.2. The first-order chi connectivity index (χ1) is 6.68. The van der Waals surface area contributed by atoms with Crippen LogP contribution < -0.4 is 0 Å². The molecule has 0 aliphatic rings. The van der Waals surface area contributed by atoms with Gasteiger partial charge in [0.2, 0.25) is 0 Å². The lowest BCUT2D eigenvalue weighted by Gasteiger charge is -1.96. The highest BCUT2D eigenvalue weighted by atomic mass is 19.2. The summed E-state index contributed by atoms with van der Waals surface area (Å²) in [4.78, 5) is 3.80. The van der Waals surface area contributed by atoms with E-state index in [1.807, 2.05) is 0 Å². The van der Waals surface area contributed by atoms with Crippen molar-refractivity contribution >= 4 is 0 Å². The van der Waals surface area contributed by atoms with Gasteiger partial charge in [-0.05, 0) is 19.1 Å². The number of benzene rings is 1. The van der Waals surface area contributed by atoms with Crippen molar-refractivity contribution in [2.24, 2.45) is 0 Å². The molecule has 0 aliphatic heterocycles. The lowest BCUT2D eigenvalue weighted by molar-refractivity contribution is 0.421. The van der Waals surface area contributed by atoms with Crippen molar-refractivity contribution in [2.45, 2.75) is 6.92 Å². The molecule has 3 nitrogen and oxygen atoms in total. The minimum atomic E-state index is -0.976. The highest BCUT2D eigenvalue weighted by molar-refractivity contribution is 5.53. The number of aryl methyl sites for hydroxylation is 1. The van der Waals surface area contributed by atoms with Gasteiger partial charge in [0, 0.05) is 0 Å². The van der Waals surface area contributed by atoms with Crippen molar-refractivity contribution in [3.8, 4) is 11.5 Å². The molecule has 0 saturated heterocycles. The Kier molecular flexibility index (Phi) is 1.99. The predicted molar refractivity (Wildman–Crippen MR) is 44.4 cm³/mol. The molecule has 0 N–H and O–H groups in total. The highest BCUT2D eigenvalue weighted by Crippen LogP contribution is 2.22. The molecule has 72 valence electrons. The molecule has 0 radical (unpaired) electrons.